The number of anilines is 1. The molecule has 0 bridgehead atoms. The van der Waals surface area contributed by atoms with Gasteiger partial charge in [0.05, 0.1) is 23.4 Å². The number of rotatable bonds is 7. The zero-order valence-corrected chi connectivity index (χ0v) is 16.8. The highest BCUT2D eigenvalue weighted by atomic mass is 32.2. The van der Waals surface area contributed by atoms with Gasteiger partial charge in [-0.15, -0.1) is 32.9 Å². The van der Waals surface area contributed by atoms with Crippen LogP contribution in [0.1, 0.15) is 28.6 Å². The van der Waals surface area contributed by atoms with Crippen LogP contribution in [0, 0.1) is 0 Å². The van der Waals surface area contributed by atoms with E-state index in [1.807, 2.05) is 17.5 Å². The Balaban J connectivity index is 1.44. The minimum atomic E-state index is -0.456. The van der Waals surface area contributed by atoms with Gasteiger partial charge in [0.25, 0.3) is 0 Å². The summed E-state index contributed by atoms with van der Waals surface area (Å²) in [5.41, 5.74) is 0.473. The van der Waals surface area contributed by atoms with Crippen molar-refractivity contribution >= 4 is 52.0 Å². The van der Waals surface area contributed by atoms with E-state index in [0.717, 1.165) is 28.7 Å². The molecule has 0 saturated heterocycles. The molecule has 27 heavy (non-hydrogen) atoms. The summed E-state index contributed by atoms with van der Waals surface area (Å²) in [6.07, 6.45) is 2.21. The number of ether oxygens (including phenoxy) is 1. The topological polar surface area (TPSA) is 86.1 Å². The van der Waals surface area contributed by atoms with Gasteiger partial charge in [0, 0.05) is 6.04 Å². The summed E-state index contributed by atoms with van der Waals surface area (Å²) >= 11 is 4.21. The van der Waals surface area contributed by atoms with Crippen LogP contribution in [0.25, 0.3) is 10.7 Å². The molecule has 0 aromatic carbocycles. The molecule has 10 heteroatoms. The molecule has 0 unspecified atom stereocenters. The van der Waals surface area contributed by atoms with Gasteiger partial charge in [0.1, 0.15) is 4.88 Å². The average molecular weight is 421 g/mol. The third-order valence-corrected chi connectivity index (χ3v) is 6.66. The standard InChI is InChI=1S/C17H16N4O3S3/c1-24-16(23)14-11(6-8-26-14)18-13(22)9-27-17-20-19-15(12-3-2-7-25-12)21(17)10-4-5-10/h2-3,6-8,10H,4-5,9H2,1H3,(H,18,22). The molecule has 3 heterocycles. The first-order valence-corrected chi connectivity index (χ1v) is 11.0. The zero-order chi connectivity index (χ0) is 18.8. The van der Waals surface area contributed by atoms with Crippen molar-refractivity contribution in [1.82, 2.24) is 14.8 Å². The van der Waals surface area contributed by atoms with Crippen molar-refractivity contribution in [2.75, 3.05) is 18.2 Å². The van der Waals surface area contributed by atoms with E-state index in [9.17, 15) is 9.59 Å². The summed E-state index contributed by atoms with van der Waals surface area (Å²) in [4.78, 5) is 25.5. The molecule has 1 saturated carbocycles. The number of aromatic nitrogens is 3. The van der Waals surface area contributed by atoms with Gasteiger partial charge in [-0.05, 0) is 35.7 Å². The lowest BCUT2D eigenvalue weighted by atomic mass is 10.4. The monoisotopic (exact) mass is 420 g/mol. The van der Waals surface area contributed by atoms with Crippen LogP contribution in [0.15, 0.2) is 34.1 Å². The molecule has 0 aliphatic heterocycles. The number of thiophene rings is 2. The van der Waals surface area contributed by atoms with Crippen LogP contribution >= 0.6 is 34.4 Å². The minimum absolute atomic E-state index is 0.186. The lowest BCUT2D eigenvalue weighted by Gasteiger charge is -2.08. The maximum absolute atomic E-state index is 12.3. The predicted octanol–water partition coefficient (Wildman–Crippen LogP) is 3.92. The molecule has 3 aromatic heterocycles. The zero-order valence-electron chi connectivity index (χ0n) is 14.4. The third kappa shape index (κ3) is 3.92. The van der Waals surface area contributed by atoms with Crippen molar-refractivity contribution in [2.45, 2.75) is 24.0 Å². The van der Waals surface area contributed by atoms with Crippen LogP contribution in [-0.4, -0.2) is 39.5 Å². The first-order valence-electron chi connectivity index (χ1n) is 8.24. The summed E-state index contributed by atoms with van der Waals surface area (Å²) in [7, 11) is 1.32. The number of amides is 1. The van der Waals surface area contributed by atoms with E-state index in [-0.39, 0.29) is 11.7 Å². The van der Waals surface area contributed by atoms with Crippen molar-refractivity contribution in [1.29, 1.82) is 0 Å². The second-order valence-corrected chi connectivity index (χ2v) is 8.68. The highest BCUT2D eigenvalue weighted by Crippen LogP contribution is 2.41. The van der Waals surface area contributed by atoms with E-state index in [1.165, 1.54) is 30.2 Å². The van der Waals surface area contributed by atoms with Gasteiger partial charge in [0.15, 0.2) is 11.0 Å². The fourth-order valence-electron chi connectivity index (χ4n) is 2.59. The highest BCUT2D eigenvalue weighted by Gasteiger charge is 2.30. The molecule has 1 amide bonds. The summed E-state index contributed by atoms with van der Waals surface area (Å²) < 4.78 is 6.86. The Hall–Kier alpha value is -2.17. The summed E-state index contributed by atoms with van der Waals surface area (Å²) in [6, 6.07) is 6.12. The van der Waals surface area contributed by atoms with Gasteiger partial charge < -0.3 is 10.1 Å². The smallest absolute Gasteiger partial charge is 0.350 e. The van der Waals surface area contributed by atoms with E-state index in [1.54, 1.807) is 22.8 Å². The molecule has 1 N–H and O–H groups in total. The molecule has 0 atom stereocenters. The average Bonchev–Trinajstić information content (AvgIpc) is 3.08. The SMILES string of the molecule is COC(=O)c1sccc1NC(=O)CSc1nnc(-c2cccs2)n1C1CC1. The first-order chi connectivity index (χ1) is 13.2. The maximum Gasteiger partial charge on any atom is 0.350 e. The molecule has 0 radical (unpaired) electrons. The fourth-order valence-corrected chi connectivity index (χ4v) is 4.86. The lowest BCUT2D eigenvalue weighted by molar-refractivity contribution is -0.113. The van der Waals surface area contributed by atoms with Crippen LogP contribution < -0.4 is 5.32 Å². The number of carbonyl (C=O) groups is 2. The number of hydrogen-bond acceptors (Lipinski definition) is 8. The molecule has 7 nitrogen and oxygen atoms in total. The van der Waals surface area contributed by atoms with Gasteiger partial charge in [-0.3, -0.25) is 9.36 Å². The van der Waals surface area contributed by atoms with Crippen molar-refractivity contribution in [3.8, 4) is 10.7 Å². The molecule has 1 aliphatic carbocycles. The highest BCUT2D eigenvalue weighted by molar-refractivity contribution is 7.99. The van der Waals surface area contributed by atoms with Crippen LogP contribution in [0.4, 0.5) is 5.69 Å². The third-order valence-electron chi connectivity index (χ3n) is 3.96. The van der Waals surface area contributed by atoms with E-state index < -0.39 is 5.97 Å². The predicted molar refractivity (Wildman–Crippen MR) is 107 cm³/mol. The molecule has 4 rings (SSSR count). The van der Waals surface area contributed by atoms with E-state index in [2.05, 4.69) is 20.1 Å². The molecule has 140 valence electrons. The maximum atomic E-state index is 12.3. The van der Waals surface area contributed by atoms with Crippen molar-refractivity contribution in [3.63, 3.8) is 0 Å². The van der Waals surface area contributed by atoms with Crippen LogP contribution in [0.5, 0.6) is 0 Å². The number of nitrogens with one attached hydrogen (secondary N) is 1. The van der Waals surface area contributed by atoms with E-state index in [0.29, 0.717) is 16.6 Å². The van der Waals surface area contributed by atoms with Gasteiger partial charge in [-0.1, -0.05) is 17.8 Å². The van der Waals surface area contributed by atoms with Gasteiger partial charge >= 0.3 is 5.97 Å². The second-order valence-electron chi connectivity index (χ2n) is 5.88. The van der Waals surface area contributed by atoms with Gasteiger partial charge in [-0.25, -0.2) is 4.79 Å². The molecule has 0 spiro atoms. The quantitative estimate of drug-likeness (QED) is 0.461. The Morgan fingerprint density at radius 3 is 2.85 bits per heavy atom. The lowest BCUT2D eigenvalue weighted by Crippen LogP contribution is -2.16. The Morgan fingerprint density at radius 1 is 1.30 bits per heavy atom. The van der Waals surface area contributed by atoms with Crippen molar-refractivity contribution in [2.24, 2.45) is 0 Å². The first kappa shape index (κ1) is 18.2. The number of thioether (sulfide) groups is 1. The Morgan fingerprint density at radius 2 is 2.15 bits per heavy atom. The number of carbonyl (C=O) groups excluding carboxylic acids is 2. The number of esters is 1. The molecule has 1 aliphatic rings. The molecular formula is C17H16N4O3S3. The number of methoxy groups -OCH3 is 1. The molecule has 3 aromatic rings. The summed E-state index contributed by atoms with van der Waals surface area (Å²) in [5, 5.41) is 15.9. The number of nitrogens with zero attached hydrogens (tertiary/aromatic N) is 3. The fraction of sp³-hybridized carbons (Fsp3) is 0.294. The van der Waals surface area contributed by atoms with Crippen LogP contribution in [-0.2, 0) is 9.53 Å². The molecular weight excluding hydrogens is 404 g/mol. The molecule has 1 fully saturated rings. The van der Waals surface area contributed by atoms with Crippen LogP contribution in [0.3, 0.4) is 0 Å². The Kier molecular flexibility index (Phi) is 5.28. The van der Waals surface area contributed by atoms with Crippen molar-refractivity contribution < 1.29 is 14.3 Å². The minimum Gasteiger partial charge on any atom is -0.465 e. The summed E-state index contributed by atoms with van der Waals surface area (Å²) in [6.45, 7) is 0. The summed E-state index contributed by atoms with van der Waals surface area (Å²) in [5.74, 6) is 0.390. The number of hydrogen-bond donors (Lipinski definition) is 1. The normalized spacial score (nSPS) is 13.5. The van der Waals surface area contributed by atoms with Crippen molar-refractivity contribution in [3.05, 3.63) is 33.8 Å². The second kappa shape index (κ2) is 7.83. The van der Waals surface area contributed by atoms with Gasteiger partial charge in [-0.2, -0.15) is 0 Å². The Labute approximate surface area is 167 Å². The Bertz CT molecular complexity index is 960. The van der Waals surface area contributed by atoms with Crippen LogP contribution in [0.2, 0.25) is 0 Å². The largest absolute Gasteiger partial charge is 0.465 e. The van der Waals surface area contributed by atoms with E-state index in [4.69, 9.17) is 4.74 Å². The van der Waals surface area contributed by atoms with Gasteiger partial charge in [0.2, 0.25) is 5.91 Å². The van der Waals surface area contributed by atoms with E-state index >= 15 is 0 Å².